The topological polar surface area (TPSA) is 288 Å². The van der Waals surface area contributed by atoms with Crippen LogP contribution < -0.4 is 10.6 Å². The molecule has 16 nitrogen and oxygen atoms in total. The zero-order chi connectivity index (χ0) is 35.6. The summed E-state index contributed by atoms with van der Waals surface area (Å²) in [5.74, 6) is -4.98. The van der Waals surface area contributed by atoms with Crippen molar-refractivity contribution in [1.29, 1.82) is 0 Å². The zero-order valence-corrected chi connectivity index (χ0v) is 25.8. The number of benzene rings is 4. The Balaban J connectivity index is 1.63. The van der Waals surface area contributed by atoms with E-state index in [1.54, 1.807) is 0 Å². The van der Waals surface area contributed by atoms with Gasteiger partial charge in [-0.3, -0.25) is 9.11 Å². The van der Waals surface area contributed by atoms with E-state index < -0.39 is 76.1 Å². The van der Waals surface area contributed by atoms with E-state index in [1.807, 2.05) is 0 Å². The fourth-order valence-corrected chi connectivity index (χ4v) is 6.03. The summed E-state index contributed by atoms with van der Waals surface area (Å²) in [5.41, 5.74) is -1.25. The predicted molar refractivity (Wildman–Crippen MR) is 170 cm³/mol. The lowest BCUT2D eigenvalue weighted by atomic mass is 10.1. The molecule has 0 saturated heterocycles. The van der Waals surface area contributed by atoms with Crippen molar-refractivity contribution in [1.82, 2.24) is 0 Å². The molecule has 48 heavy (non-hydrogen) atoms. The number of phenolic OH excluding ortho intramolecular Hbond substituents is 4. The van der Waals surface area contributed by atoms with Crippen LogP contribution in [0.25, 0.3) is 12.2 Å². The average Bonchev–Trinajstić information content (AvgIpc) is 2.97. The van der Waals surface area contributed by atoms with E-state index in [1.165, 1.54) is 24.3 Å². The molecule has 0 radical (unpaired) electrons. The standard InChI is InChI=1S/C30H26N2O14S2/c33-19-9-21(29(37)38)23(25(35)11-19)13-31-17-5-3-15(27(7-17)47(41,42)43)1-2-16-4-6-18(8-28(16)48(44,45)46)32-14-24-22(30(39)40)10-20(34)12-26(24)36/h1-12,31-36H,13-14H2,(H,37,38)(H,39,40)(H,41,42,43)(H,44,45,46). The van der Waals surface area contributed by atoms with Crippen molar-refractivity contribution in [2.75, 3.05) is 10.6 Å². The summed E-state index contributed by atoms with van der Waals surface area (Å²) < 4.78 is 68.7. The van der Waals surface area contributed by atoms with Gasteiger partial charge in [-0.2, -0.15) is 16.8 Å². The molecule has 252 valence electrons. The molecule has 0 bridgehead atoms. The van der Waals surface area contributed by atoms with Gasteiger partial charge in [0.05, 0.1) is 11.1 Å². The van der Waals surface area contributed by atoms with Gasteiger partial charge in [0.1, 0.15) is 32.8 Å². The highest BCUT2D eigenvalue weighted by Crippen LogP contribution is 2.31. The molecule has 0 atom stereocenters. The van der Waals surface area contributed by atoms with Crippen LogP contribution in [-0.4, -0.2) is 68.5 Å². The minimum Gasteiger partial charge on any atom is -0.508 e. The minimum atomic E-state index is -4.90. The van der Waals surface area contributed by atoms with Crippen molar-refractivity contribution >= 4 is 55.7 Å². The Hall–Kier alpha value is -5.82. The molecule has 0 amide bonds. The first-order valence-corrected chi connectivity index (χ1v) is 16.2. The molecule has 0 spiro atoms. The third kappa shape index (κ3) is 8.12. The zero-order valence-electron chi connectivity index (χ0n) is 24.2. The Morgan fingerprint density at radius 3 is 1.25 bits per heavy atom. The molecular weight excluding hydrogens is 676 g/mol. The number of phenols is 4. The van der Waals surface area contributed by atoms with Gasteiger partial charge in [-0.1, -0.05) is 24.3 Å². The maximum absolute atomic E-state index is 12.2. The van der Waals surface area contributed by atoms with Gasteiger partial charge in [0.15, 0.2) is 0 Å². The quantitative estimate of drug-likeness (QED) is 0.0742. The van der Waals surface area contributed by atoms with Gasteiger partial charge < -0.3 is 41.3 Å². The molecule has 4 aromatic rings. The number of carbonyl (C=O) groups is 2. The van der Waals surface area contributed by atoms with Crippen molar-refractivity contribution in [2.45, 2.75) is 22.9 Å². The first-order valence-electron chi connectivity index (χ1n) is 13.3. The summed E-state index contributed by atoms with van der Waals surface area (Å²) in [6.45, 7) is -0.675. The molecule has 0 aliphatic carbocycles. The van der Waals surface area contributed by atoms with Crippen molar-refractivity contribution in [3.63, 3.8) is 0 Å². The van der Waals surface area contributed by atoms with Crippen molar-refractivity contribution in [2.24, 2.45) is 0 Å². The number of anilines is 2. The van der Waals surface area contributed by atoms with Crippen molar-refractivity contribution in [3.05, 3.63) is 94.0 Å². The molecular formula is C30H26N2O14S2. The number of aromatic hydroxyl groups is 4. The second kappa shape index (κ2) is 13.5. The van der Waals surface area contributed by atoms with Crippen LogP contribution in [0.15, 0.2) is 70.5 Å². The molecule has 4 aromatic carbocycles. The average molecular weight is 703 g/mol. The van der Waals surface area contributed by atoms with Gasteiger partial charge in [-0.15, -0.1) is 0 Å². The fourth-order valence-electron chi connectivity index (χ4n) is 4.61. The maximum Gasteiger partial charge on any atom is 0.336 e. The molecule has 10 N–H and O–H groups in total. The summed E-state index contributed by atoms with van der Waals surface area (Å²) in [5, 5.41) is 63.7. The van der Waals surface area contributed by atoms with E-state index in [4.69, 9.17) is 0 Å². The Bertz CT molecular complexity index is 2040. The maximum atomic E-state index is 12.2. The fraction of sp³-hybridized carbons (Fsp3) is 0.0667. The number of carboxylic acids is 2. The Morgan fingerprint density at radius 1 is 0.583 bits per heavy atom. The Morgan fingerprint density at radius 2 is 0.938 bits per heavy atom. The smallest absolute Gasteiger partial charge is 0.336 e. The lowest BCUT2D eigenvalue weighted by Gasteiger charge is -2.14. The lowest BCUT2D eigenvalue weighted by Crippen LogP contribution is -2.09. The SMILES string of the molecule is O=C(O)c1cc(O)cc(O)c1CNc1ccc(C=Cc2ccc(NCc3c(O)cc(O)cc3C(=O)O)cc2S(=O)(=O)O)c(S(=O)(=O)O)c1. The van der Waals surface area contributed by atoms with Crippen LogP contribution in [0.3, 0.4) is 0 Å². The number of rotatable bonds is 12. The lowest BCUT2D eigenvalue weighted by molar-refractivity contribution is 0.0684. The molecule has 0 fully saturated rings. The monoisotopic (exact) mass is 702 g/mol. The van der Waals surface area contributed by atoms with E-state index in [-0.39, 0.29) is 46.7 Å². The molecule has 18 heteroatoms. The molecule has 0 aliphatic rings. The highest BCUT2D eigenvalue weighted by molar-refractivity contribution is 7.86. The third-order valence-corrected chi connectivity index (χ3v) is 8.67. The molecule has 4 rings (SSSR count). The number of hydrogen-bond acceptors (Lipinski definition) is 12. The summed E-state index contributed by atoms with van der Waals surface area (Å²) >= 11 is 0. The van der Waals surface area contributed by atoms with Crippen molar-refractivity contribution in [3.8, 4) is 23.0 Å². The van der Waals surface area contributed by atoms with Gasteiger partial charge in [0.25, 0.3) is 20.2 Å². The second-order valence-corrected chi connectivity index (χ2v) is 12.9. The summed E-state index contributed by atoms with van der Waals surface area (Å²) in [4.78, 5) is 21.8. The van der Waals surface area contributed by atoms with Gasteiger partial charge in [0, 0.05) is 47.7 Å². The summed E-state index contributed by atoms with van der Waals surface area (Å²) in [7, 11) is -9.79. The van der Waals surface area contributed by atoms with Gasteiger partial charge in [-0.05, 0) is 47.5 Å². The predicted octanol–water partition coefficient (Wildman–Crippen LogP) is 3.79. The number of hydrogen-bond donors (Lipinski definition) is 10. The van der Waals surface area contributed by atoms with Gasteiger partial charge in [0.2, 0.25) is 0 Å². The van der Waals surface area contributed by atoms with E-state index in [0.717, 1.165) is 48.6 Å². The molecule has 0 aliphatic heterocycles. The van der Waals surface area contributed by atoms with E-state index >= 15 is 0 Å². The van der Waals surface area contributed by atoms with Crippen LogP contribution >= 0.6 is 0 Å². The van der Waals surface area contributed by atoms with Crippen LogP contribution in [0.4, 0.5) is 11.4 Å². The largest absolute Gasteiger partial charge is 0.508 e. The molecule has 0 aromatic heterocycles. The number of aromatic carboxylic acids is 2. The van der Waals surface area contributed by atoms with Gasteiger partial charge >= 0.3 is 11.9 Å². The third-order valence-electron chi connectivity index (χ3n) is 6.85. The van der Waals surface area contributed by atoms with E-state index in [9.17, 15) is 66.2 Å². The van der Waals surface area contributed by atoms with Crippen LogP contribution in [0.5, 0.6) is 23.0 Å². The first-order chi connectivity index (χ1) is 22.3. The minimum absolute atomic E-state index is 0.0587. The molecule has 0 heterocycles. The Labute approximate surface area is 272 Å². The first kappa shape index (κ1) is 35.0. The van der Waals surface area contributed by atoms with Crippen LogP contribution in [-0.2, 0) is 33.3 Å². The molecule has 0 unspecified atom stereocenters. The molecule has 0 saturated carbocycles. The summed E-state index contributed by atoms with van der Waals surface area (Å²) in [6, 6.07) is 10.8. The van der Waals surface area contributed by atoms with E-state index in [0.29, 0.717) is 0 Å². The van der Waals surface area contributed by atoms with Crippen LogP contribution in [0.2, 0.25) is 0 Å². The number of nitrogens with one attached hydrogen (secondary N) is 2. The van der Waals surface area contributed by atoms with Crippen molar-refractivity contribution < 1.29 is 66.2 Å². The Kier molecular flexibility index (Phi) is 9.85. The summed E-state index contributed by atoms with van der Waals surface area (Å²) in [6.07, 6.45) is 2.26. The van der Waals surface area contributed by atoms with Gasteiger partial charge in [-0.25, -0.2) is 9.59 Å². The second-order valence-electron chi connectivity index (χ2n) is 10.1. The normalized spacial score (nSPS) is 11.8. The van der Waals surface area contributed by atoms with Crippen LogP contribution in [0, 0.1) is 0 Å². The highest BCUT2D eigenvalue weighted by atomic mass is 32.2. The highest BCUT2D eigenvalue weighted by Gasteiger charge is 2.20. The number of carboxylic acid groups (broad SMARTS) is 2. The van der Waals surface area contributed by atoms with Crippen LogP contribution in [0.1, 0.15) is 43.0 Å². The van der Waals surface area contributed by atoms with E-state index in [2.05, 4.69) is 10.6 Å².